The van der Waals surface area contributed by atoms with Crippen LogP contribution in [0.5, 0.6) is 23.0 Å². The van der Waals surface area contributed by atoms with E-state index >= 15 is 0 Å². The summed E-state index contributed by atoms with van der Waals surface area (Å²) in [6, 6.07) is 48.9. The van der Waals surface area contributed by atoms with E-state index in [9.17, 15) is 20.4 Å². The molecule has 0 saturated carbocycles. The topological polar surface area (TPSA) is 80.9 Å². The zero-order valence-electron chi connectivity index (χ0n) is 24.8. The number of hydrogen-bond acceptors (Lipinski definition) is 4. The molecule has 46 heavy (non-hydrogen) atoms. The molecule has 0 aliphatic heterocycles. The number of phenols is 4. The van der Waals surface area contributed by atoms with Crippen molar-refractivity contribution in [3.05, 3.63) is 158 Å². The predicted octanol–water partition coefficient (Wildman–Crippen LogP) is 10.5. The van der Waals surface area contributed by atoms with E-state index in [1.165, 1.54) is 0 Å². The Hall–Kier alpha value is -6.26. The summed E-state index contributed by atoms with van der Waals surface area (Å²) >= 11 is 0. The van der Waals surface area contributed by atoms with E-state index in [1.807, 2.05) is 133 Å². The largest absolute Gasteiger partial charge is 0.507 e. The maximum atomic E-state index is 11.4. The molecular weight excluding hydrogens is 568 g/mol. The number of phenolic OH excluding ortho intramolecular Hbond substituents is 4. The number of rotatable bonds is 6. The van der Waals surface area contributed by atoms with Gasteiger partial charge in [0.2, 0.25) is 0 Å². The van der Waals surface area contributed by atoms with Gasteiger partial charge in [-0.1, -0.05) is 158 Å². The molecule has 0 saturated heterocycles. The molecule has 0 atom stereocenters. The summed E-state index contributed by atoms with van der Waals surface area (Å²) in [5.74, 6) is 0.336. The highest BCUT2D eigenvalue weighted by atomic mass is 16.3. The van der Waals surface area contributed by atoms with E-state index in [2.05, 4.69) is 0 Å². The second kappa shape index (κ2) is 12.0. The summed E-state index contributed by atoms with van der Waals surface area (Å²) < 4.78 is 0. The minimum Gasteiger partial charge on any atom is -0.507 e. The zero-order valence-corrected chi connectivity index (χ0v) is 24.8. The van der Waals surface area contributed by atoms with Gasteiger partial charge in [-0.3, -0.25) is 0 Å². The lowest BCUT2D eigenvalue weighted by Gasteiger charge is -2.15. The number of benzene rings is 7. The number of para-hydroxylation sites is 4. The number of hydrogen-bond donors (Lipinski definition) is 4. The Kier molecular flexibility index (Phi) is 7.45. The van der Waals surface area contributed by atoms with Gasteiger partial charge in [0.25, 0.3) is 0 Å². The highest BCUT2D eigenvalue weighted by molar-refractivity contribution is 5.90. The Morgan fingerprint density at radius 3 is 0.674 bits per heavy atom. The lowest BCUT2D eigenvalue weighted by Crippen LogP contribution is -1.88. The van der Waals surface area contributed by atoms with Crippen molar-refractivity contribution in [3.8, 4) is 89.8 Å². The van der Waals surface area contributed by atoms with E-state index in [1.54, 1.807) is 24.3 Å². The SMILES string of the molecule is Oc1c(-c2ccccc2)cccc1-c1cccc(-c2ccc(-c3cccc(-c4cccc(-c5ccccc5)c4O)c3O)cc2)c1O. The van der Waals surface area contributed by atoms with Crippen molar-refractivity contribution in [2.24, 2.45) is 0 Å². The van der Waals surface area contributed by atoms with Gasteiger partial charge in [0.1, 0.15) is 23.0 Å². The normalized spacial score (nSPS) is 11.0. The van der Waals surface area contributed by atoms with Gasteiger partial charge in [-0.05, 0) is 22.3 Å². The van der Waals surface area contributed by atoms with Crippen LogP contribution in [0.25, 0.3) is 66.8 Å². The van der Waals surface area contributed by atoms with Crippen molar-refractivity contribution < 1.29 is 20.4 Å². The van der Waals surface area contributed by atoms with Gasteiger partial charge in [-0.2, -0.15) is 0 Å². The molecule has 0 aliphatic rings. The summed E-state index contributed by atoms with van der Waals surface area (Å²) in [6.07, 6.45) is 0. The Morgan fingerprint density at radius 1 is 0.196 bits per heavy atom. The lowest BCUT2D eigenvalue weighted by atomic mass is 9.92. The molecule has 0 amide bonds. The summed E-state index contributed by atoms with van der Waals surface area (Å²) in [5, 5.41) is 45.3. The first-order valence-electron chi connectivity index (χ1n) is 15.0. The minimum absolute atomic E-state index is 0.0642. The summed E-state index contributed by atoms with van der Waals surface area (Å²) in [6.45, 7) is 0. The lowest BCUT2D eigenvalue weighted by molar-refractivity contribution is 0.471. The molecule has 7 aromatic rings. The minimum atomic E-state index is 0.0642. The summed E-state index contributed by atoms with van der Waals surface area (Å²) in [5.41, 5.74) is 8.10. The van der Waals surface area contributed by atoms with Gasteiger partial charge in [-0.25, -0.2) is 0 Å². The second-order valence-corrected chi connectivity index (χ2v) is 11.1. The van der Waals surface area contributed by atoms with Gasteiger partial charge >= 0.3 is 0 Å². The molecule has 0 aromatic heterocycles. The number of aromatic hydroxyl groups is 4. The van der Waals surface area contributed by atoms with Crippen molar-refractivity contribution in [1.29, 1.82) is 0 Å². The highest BCUT2D eigenvalue weighted by Crippen LogP contribution is 2.46. The van der Waals surface area contributed by atoms with Crippen LogP contribution in [-0.4, -0.2) is 20.4 Å². The Balaban J connectivity index is 1.23. The van der Waals surface area contributed by atoms with E-state index < -0.39 is 0 Å². The first-order valence-corrected chi connectivity index (χ1v) is 15.0. The summed E-state index contributed by atoms with van der Waals surface area (Å²) in [4.78, 5) is 0. The predicted molar refractivity (Wildman–Crippen MR) is 186 cm³/mol. The molecule has 0 radical (unpaired) electrons. The second-order valence-electron chi connectivity index (χ2n) is 11.1. The summed E-state index contributed by atoms with van der Waals surface area (Å²) in [7, 11) is 0. The Labute approximate surface area is 267 Å². The highest BCUT2D eigenvalue weighted by Gasteiger charge is 2.18. The van der Waals surface area contributed by atoms with Gasteiger partial charge in [-0.15, -0.1) is 0 Å². The fourth-order valence-corrected chi connectivity index (χ4v) is 6.04. The van der Waals surface area contributed by atoms with Crippen molar-refractivity contribution in [1.82, 2.24) is 0 Å². The van der Waals surface area contributed by atoms with E-state index in [0.29, 0.717) is 44.5 Å². The molecular formula is C42H30O4. The molecule has 4 nitrogen and oxygen atoms in total. The molecule has 0 spiro atoms. The molecule has 4 N–H and O–H groups in total. The van der Waals surface area contributed by atoms with E-state index in [-0.39, 0.29) is 23.0 Å². The molecule has 0 aliphatic carbocycles. The van der Waals surface area contributed by atoms with Gasteiger partial charge in [0.15, 0.2) is 0 Å². The average molecular weight is 599 g/mol. The van der Waals surface area contributed by atoms with Crippen molar-refractivity contribution in [2.45, 2.75) is 0 Å². The molecule has 0 unspecified atom stereocenters. The molecule has 7 rings (SSSR count). The first kappa shape index (κ1) is 28.5. The van der Waals surface area contributed by atoms with Gasteiger partial charge < -0.3 is 20.4 Å². The molecule has 222 valence electrons. The fraction of sp³-hybridized carbons (Fsp3) is 0. The third-order valence-electron chi connectivity index (χ3n) is 8.40. The smallest absolute Gasteiger partial charge is 0.131 e. The third kappa shape index (κ3) is 5.12. The van der Waals surface area contributed by atoms with Crippen LogP contribution in [0.2, 0.25) is 0 Å². The standard InChI is InChI=1S/C42H30O4/c43-39-31(27-11-3-1-4-12-27)15-7-19-35(39)37-21-9-17-33(41(37)45)29-23-25-30(26-24-29)34-18-10-22-38(42(34)46)36-20-8-16-32(40(36)44)28-13-5-2-6-14-28/h1-26,43-46H. The van der Waals surface area contributed by atoms with Gasteiger partial charge in [0, 0.05) is 44.5 Å². The maximum absolute atomic E-state index is 11.4. The monoisotopic (exact) mass is 598 g/mol. The van der Waals surface area contributed by atoms with Crippen LogP contribution in [0.4, 0.5) is 0 Å². The van der Waals surface area contributed by atoms with Crippen LogP contribution in [0.3, 0.4) is 0 Å². The van der Waals surface area contributed by atoms with Crippen LogP contribution in [-0.2, 0) is 0 Å². The first-order chi connectivity index (χ1) is 22.5. The molecule has 0 heterocycles. The fourth-order valence-electron chi connectivity index (χ4n) is 6.04. The third-order valence-corrected chi connectivity index (χ3v) is 8.40. The molecule has 0 bridgehead atoms. The van der Waals surface area contributed by atoms with Crippen molar-refractivity contribution in [2.75, 3.05) is 0 Å². The Morgan fingerprint density at radius 2 is 0.413 bits per heavy atom. The average Bonchev–Trinajstić information content (AvgIpc) is 3.10. The molecule has 7 aromatic carbocycles. The van der Waals surface area contributed by atoms with E-state index in [0.717, 1.165) is 22.3 Å². The molecule has 4 heteroatoms. The Bertz CT molecular complexity index is 2010. The quantitative estimate of drug-likeness (QED) is 0.154. The van der Waals surface area contributed by atoms with Crippen LogP contribution in [0.1, 0.15) is 0 Å². The van der Waals surface area contributed by atoms with E-state index in [4.69, 9.17) is 0 Å². The van der Waals surface area contributed by atoms with Gasteiger partial charge in [0.05, 0.1) is 0 Å². The van der Waals surface area contributed by atoms with Crippen LogP contribution in [0.15, 0.2) is 158 Å². The maximum Gasteiger partial charge on any atom is 0.131 e. The van der Waals surface area contributed by atoms with Crippen LogP contribution < -0.4 is 0 Å². The molecule has 0 fully saturated rings. The van der Waals surface area contributed by atoms with Crippen LogP contribution in [0, 0.1) is 0 Å². The zero-order chi connectivity index (χ0) is 31.6. The van der Waals surface area contributed by atoms with Crippen molar-refractivity contribution in [3.63, 3.8) is 0 Å². The van der Waals surface area contributed by atoms with Crippen LogP contribution >= 0.6 is 0 Å². The van der Waals surface area contributed by atoms with Crippen molar-refractivity contribution >= 4 is 0 Å².